The Morgan fingerprint density at radius 1 is 1.42 bits per heavy atom. The van der Waals surface area contributed by atoms with Crippen molar-refractivity contribution < 1.29 is 0 Å². The van der Waals surface area contributed by atoms with Crippen molar-refractivity contribution in [2.24, 2.45) is 0 Å². The number of thiazole rings is 1. The van der Waals surface area contributed by atoms with E-state index in [1.54, 1.807) is 11.3 Å². The van der Waals surface area contributed by atoms with Crippen LogP contribution in [0.15, 0.2) is 17.8 Å². The van der Waals surface area contributed by atoms with E-state index in [1.807, 2.05) is 6.20 Å². The lowest BCUT2D eigenvalue weighted by Gasteiger charge is -2.16. The third kappa shape index (κ3) is 3.64. The quantitative estimate of drug-likeness (QED) is 0.846. The average molecular weight is 278 g/mol. The molecule has 1 atom stereocenters. The molecule has 0 aliphatic carbocycles. The second-order valence-electron chi connectivity index (χ2n) is 4.64. The van der Waals surface area contributed by atoms with Gasteiger partial charge >= 0.3 is 0 Å². The molecule has 2 aromatic rings. The van der Waals surface area contributed by atoms with Gasteiger partial charge in [-0.1, -0.05) is 13.8 Å². The molecule has 19 heavy (non-hydrogen) atoms. The van der Waals surface area contributed by atoms with Gasteiger partial charge in [-0.3, -0.25) is 0 Å². The largest absolute Gasteiger partial charge is 0.335 e. The first-order valence-electron chi connectivity index (χ1n) is 6.90. The SMILES string of the molecule is CCCn1ccnc1CC(NCC)c1csc(C)n1. The highest BCUT2D eigenvalue weighted by Gasteiger charge is 2.16. The molecule has 1 unspecified atom stereocenters. The monoisotopic (exact) mass is 278 g/mol. The summed E-state index contributed by atoms with van der Waals surface area (Å²) in [6.45, 7) is 8.34. The Labute approximate surface area is 118 Å². The molecule has 4 nitrogen and oxygen atoms in total. The molecule has 1 N–H and O–H groups in total. The normalized spacial score (nSPS) is 12.8. The minimum atomic E-state index is 0.257. The van der Waals surface area contributed by atoms with Gasteiger partial charge in [0.05, 0.1) is 16.7 Å². The molecule has 0 aliphatic heterocycles. The van der Waals surface area contributed by atoms with Gasteiger partial charge < -0.3 is 9.88 Å². The van der Waals surface area contributed by atoms with Crippen LogP contribution in [0.4, 0.5) is 0 Å². The molecule has 0 aromatic carbocycles. The lowest BCUT2D eigenvalue weighted by Crippen LogP contribution is -2.24. The van der Waals surface area contributed by atoms with Crippen LogP contribution in [0.3, 0.4) is 0 Å². The fourth-order valence-corrected chi connectivity index (χ4v) is 2.89. The molecular weight excluding hydrogens is 256 g/mol. The number of likely N-dealkylation sites (N-methyl/N-ethyl adjacent to an activating group) is 1. The maximum absolute atomic E-state index is 4.60. The summed E-state index contributed by atoms with van der Waals surface area (Å²) in [4.78, 5) is 9.09. The number of hydrogen-bond donors (Lipinski definition) is 1. The van der Waals surface area contributed by atoms with E-state index >= 15 is 0 Å². The van der Waals surface area contributed by atoms with E-state index in [1.165, 1.54) is 0 Å². The molecule has 104 valence electrons. The number of hydrogen-bond acceptors (Lipinski definition) is 4. The zero-order valence-electron chi connectivity index (χ0n) is 11.9. The van der Waals surface area contributed by atoms with Gasteiger partial charge in [0.25, 0.3) is 0 Å². The number of nitrogens with one attached hydrogen (secondary N) is 1. The number of rotatable bonds is 7. The molecule has 0 aliphatic rings. The summed E-state index contributed by atoms with van der Waals surface area (Å²) in [5, 5.41) is 6.78. The second kappa shape index (κ2) is 6.82. The summed E-state index contributed by atoms with van der Waals surface area (Å²) in [5.41, 5.74) is 1.13. The highest BCUT2D eigenvalue weighted by Crippen LogP contribution is 2.20. The van der Waals surface area contributed by atoms with Crippen molar-refractivity contribution in [3.05, 3.63) is 34.3 Å². The molecule has 0 radical (unpaired) electrons. The molecule has 2 aromatic heterocycles. The van der Waals surface area contributed by atoms with Gasteiger partial charge in [0, 0.05) is 30.7 Å². The van der Waals surface area contributed by atoms with Crippen LogP contribution >= 0.6 is 11.3 Å². The van der Waals surface area contributed by atoms with Gasteiger partial charge in [-0.2, -0.15) is 0 Å². The predicted molar refractivity (Wildman–Crippen MR) is 79.5 cm³/mol. The summed E-state index contributed by atoms with van der Waals surface area (Å²) >= 11 is 1.71. The van der Waals surface area contributed by atoms with Crippen LogP contribution in [0.25, 0.3) is 0 Å². The highest BCUT2D eigenvalue weighted by atomic mass is 32.1. The molecule has 0 bridgehead atoms. The minimum absolute atomic E-state index is 0.257. The third-order valence-corrected chi connectivity index (χ3v) is 3.89. The van der Waals surface area contributed by atoms with Crippen LogP contribution in [0.1, 0.15) is 42.8 Å². The summed E-state index contributed by atoms with van der Waals surface area (Å²) in [6.07, 6.45) is 5.98. The van der Waals surface area contributed by atoms with Crippen molar-refractivity contribution in [3.8, 4) is 0 Å². The van der Waals surface area contributed by atoms with Gasteiger partial charge in [0.1, 0.15) is 5.82 Å². The first kappa shape index (κ1) is 14.2. The maximum Gasteiger partial charge on any atom is 0.110 e. The fourth-order valence-electron chi connectivity index (χ4n) is 2.22. The Hall–Kier alpha value is -1.20. The molecule has 0 fully saturated rings. The maximum atomic E-state index is 4.60. The van der Waals surface area contributed by atoms with Crippen molar-refractivity contribution >= 4 is 11.3 Å². The van der Waals surface area contributed by atoms with Crippen molar-refractivity contribution in [1.82, 2.24) is 19.9 Å². The van der Waals surface area contributed by atoms with Gasteiger partial charge in [-0.15, -0.1) is 11.3 Å². The lowest BCUT2D eigenvalue weighted by atomic mass is 10.1. The Morgan fingerprint density at radius 3 is 2.89 bits per heavy atom. The van der Waals surface area contributed by atoms with E-state index in [0.29, 0.717) is 0 Å². The third-order valence-electron chi connectivity index (χ3n) is 3.10. The standard InChI is InChI=1S/C14H22N4S/c1-4-7-18-8-6-16-14(18)9-12(15-5-2)13-10-19-11(3)17-13/h6,8,10,12,15H,4-5,7,9H2,1-3H3. The highest BCUT2D eigenvalue weighted by molar-refractivity contribution is 7.09. The van der Waals surface area contributed by atoms with E-state index in [0.717, 1.165) is 42.5 Å². The van der Waals surface area contributed by atoms with E-state index in [2.05, 4.69) is 52.2 Å². The zero-order chi connectivity index (χ0) is 13.7. The number of imidazole rings is 1. The summed E-state index contributed by atoms with van der Waals surface area (Å²) < 4.78 is 2.24. The molecule has 0 amide bonds. The van der Waals surface area contributed by atoms with Crippen molar-refractivity contribution in [1.29, 1.82) is 0 Å². The molecule has 0 saturated heterocycles. The minimum Gasteiger partial charge on any atom is -0.335 e. The lowest BCUT2D eigenvalue weighted by molar-refractivity contribution is 0.507. The Kier molecular flexibility index (Phi) is 5.10. The van der Waals surface area contributed by atoms with E-state index < -0.39 is 0 Å². The van der Waals surface area contributed by atoms with Gasteiger partial charge in [-0.05, 0) is 19.9 Å². The Morgan fingerprint density at radius 2 is 2.26 bits per heavy atom. The smallest absolute Gasteiger partial charge is 0.110 e. The molecular formula is C14H22N4S. The van der Waals surface area contributed by atoms with Crippen molar-refractivity contribution in [2.45, 2.75) is 46.2 Å². The summed E-state index contributed by atoms with van der Waals surface area (Å²) in [6, 6.07) is 0.257. The number of nitrogens with zero attached hydrogens (tertiary/aromatic N) is 3. The molecule has 2 heterocycles. The number of aromatic nitrogens is 3. The molecule has 2 rings (SSSR count). The first-order valence-corrected chi connectivity index (χ1v) is 7.78. The van der Waals surface area contributed by atoms with Crippen molar-refractivity contribution in [2.75, 3.05) is 6.54 Å². The molecule has 0 saturated carbocycles. The Balaban J connectivity index is 2.14. The van der Waals surface area contributed by atoms with Crippen LogP contribution in [-0.4, -0.2) is 21.1 Å². The topological polar surface area (TPSA) is 42.7 Å². The van der Waals surface area contributed by atoms with Gasteiger partial charge in [0.2, 0.25) is 0 Å². The van der Waals surface area contributed by atoms with Crippen LogP contribution < -0.4 is 5.32 Å². The average Bonchev–Trinajstić information content (AvgIpc) is 2.99. The Bertz CT molecular complexity index is 503. The van der Waals surface area contributed by atoms with E-state index in [-0.39, 0.29) is 6.04 Å². The fraction of sp³-hybridized carbons (Fsp3) is 0.571. The van der Waals surface area contributed by atoms with Crippen molar-refractivity contribution in [3.63, 3.8) is 0 Å². The van der Waals surface area contributed by atoms with Gasteiger partial charge in [-0.25, -0.2) is 9.97 Å². The summed E-state index contributed by atoms with van der Waals surface area (Å²) in [7, 11) is 0. The van der Waals surface area contributed by atoms with E-state index in [9.17, 15) is 0 Å². The summed E-state index contributed by atoms with van der Waals surface area (Å²) in [5.74, 6) is 1.14. The van der Waals surface area contributed by atoms with E-state index in [4.69, 9.17) is 0 Å². The second-order valence-corrected chi connectivity index (χ2v) is 5.70. The van der Waals surface area contributed by atoms with Gasteiger partial charge in [0.15, 0.2) is 0 Å². The zero-order valence-corrected chi connectivity index (χ0v) is 12.7. The van der Waals surface area contributed by atoms with Crippen LogP contribution in [-0.2, 0) is 13.0 Å². The van der Waals surface area contributed by atoms with Crippen LogP contribution in [0.5, 0.6) is 0 Å². The molecule has 0 spiro atoms. The van der Waals surface area contributed by atoms with Crippen LogP contribution in [0.2, 0.25) is 0 Å². The first-order chi connectivity index (χ1) is 9.24. The number of aryl methyl sites for hydroxylation is 2. The predicted octanol–water partition coefficient (Wildman–Crippen LogP) is 2.95. The van der Waals surface area contributed by atoms with Crippen LogP contribution in [0, 0.1) is 6.92 Å². The molecule has 5 heteroatoms.